The lowest BCUT2D eigenvalue weighted by atomic mass is 10.1. The molecule has 0 radical (unpaired) electrons. The van der Waals surface area contributed by atoms with Gasteiger partial charge in [-0.2, -0.15) is 5.21 Å². The molecule has 0 spiro atoms. The Morgan fingerprint density at radius 2 is 2.31 bits per heavy atom. The molecular weight excluding hydrogens is 272 g/mol. The first kappa shape index (κ1) is 10.7. The third kappa shape index (κ3) is 1.81. The highest BCUT2D eigenvalue weighted by Gasteiger charge is 2.12. The van der Waals surface area contributed by atoms with E-state index in [4.69, 9.17) is 5.41 Å². The standard InChI is InChI=1S/C9H9BrN6/c1-12-8-3-5(10)2-6(7(8)4-11)9-13-15-16-14-9/h2-4,11-12H,1H3,(H,13,14,15,16). The van der Waals surface area contributed by atoms with Crippen LogP contribution in [0.3, 0.4) is 0 Å². The van der Waals surface area contributed by atoms with E-state index < -0.39 is 0 Å². The van der Waals surface area contributed by atoms with Gasteiger partial charge < -0.3 is 10.7 Å². The Morgan fingerprint density at radius 1 is 1.50 bits per heavy atom. The number of rotatable bonds is 3. The topological polar surface area (TPSA) is 90.3 Å². The molecule has 6 nitrogen and oxygen atoms in total. The highest BCUT2D eigenvalue weighted by atomic mass is 79.9. The summed E-state index contributed by atoms with van der Waals surface area (Å²) in [6.07, 6.45) is 1.27. The van der Waals surface area contributed by atoms with Crippen LogP contribution < -0.4 is 5.32 Å². The minimum Gasteiger partial charge on any atom is -0.388 e. The first-order valence-electron chi connectivity index (χ1n) is 4.52. The smallest absolute Gasteiger partial charge is 0.205 e. The van der Waals surface area contributed by atoms with Crippen molar-refractivity contribution in [1.82, 2.24) is 20.6 Å². The molecule has 7 heteroatoms. The predicted molar refractivity (Wildman–Crippen MR) is 64.7 cm³/mol. The van der Waals surface area contributed by atoms with E-state index in [1.165, 1.54) is 6.21 Å². The van der Waals surface area contributed by atoms with Crippen LogP contribution in [0, 0.1) is 5.41 Å². The van der Waals surface area contributed by atoms with Crippen molar-refractivity contribution >= 4 is 27.8 Å². The molecule has 0 saturated carbocycles. The molecule has 16 heavy (non-hydrogen) atoms. The monoisotopic (exact) mass is 280 g/mol. The van der Waals surface area contributed by atoms with Crippen LogP contribution in [0.5, 0.6) is 0 Å². The van der Waals surface area contributed by atoms with E-state index in [0.29, 0.717) is 5.82 Å². The van der Waals surface area contributed by atoms with Crippen LogP contribution in [0.2, 0.25) is 0 Å². The molecule has 0 fully saturated rings. The first-order chi connectivity index (χ1) is 7.76. The van der Waals surface area contributed by atoms with Gasteiger partial charge in [0.2, 0.25) is 5.82 Å². The molecule has 0 atom stereocenters. The number of tetrazole rings is 1. The largest absolute Gasteiger partial charge is 0.388 e. The molecule has 1 aromatic heterocycles. The van der Waals surface area contributed by atoms with Gasteiger partial charge in [0.1, 0.15) is 0 Å². The second-order valence-corrected chi connectivity index (χ2v) is 3.96. The maximum Gasteiger partial charge on any atom is 0.205 e. The molecule has 0 unspecified atom stereocenters. The molecule has 0 amide bonds. The minimum atomic E-state index is 0.469. The average molecular weight is 281 g/mol. The lowest BCUT2D eigenvalue weighted by molar-refractivity contribution is 0.881. The summed E-state index contributed by atoms with van der Waals surface area (Å²) in [5.41, 5.74) is 2.32. The number of aromatic amines is 1. The van der Waals surface area contributed by atoms with Gasteiger partial charge in [-0.3, -0.25) is 0 Å². The molecule has 0 aliphatic heterocycles. The Balaban J connectivity index is 2.68. The van der Waals surface area contributed by atoms with Gasteiger partial charge in [-0.1, -0.05) is 15.9 Å². The number of nitrogens with one attached hydrogen (secondary N) is 3. The fraction of sp³-hybridized carbons (Fsp3) is 0.111. The van der Waals surface area contributed by atoms with Crippen LogP contribution in [-0.2, 0) is 0 Å². The SMILES string of the molecule is CNc1cc(Br)cc(-c2nn[nH]n2)c1C=N. The number of anilines is 1. The summed E-state index contributed by atoms with van der Waals surface area (Å²) in [6, 6.07) is 3.75. The van der Waals surface area contributed by atoms with Crippen LogP contribution in [0.4, 0.5) is 5.69 Å². The number of hydrogen-bond acceptors (Lipinski definition) is 5. The minimum absolute atomic E-state index is 0.469. The fourth-order valence-corrected chi connectivity index (χ4v) is 1.90. The quantitative estimate of drug-likeness (QED) is 0.746. The fourth-order valence-electron chi connectivity index (χ4n) is 1.44. The van der Waals surface area contributed by atoms with Gasteiger partial charge in [0.15, 0.2) is 0 Å². The van der Waals surface area contributed by atoms with Crippen molar-refractivity contribution in [3.63, 3.8) is 0 Å². The van der Waals surface area contributed by atoms with Crippen molar-refractivity contribution in [2.24, 2.45) is 0 Å². The molecule has 0 bridgehead atoms. The molecule has 82 valence electrons. The molecule has 1 heterocycles. The second kappa shape index (κ2) is 4.40. The van der Waals surface area contributed by atoms with Crippen LogP contribution in [-0.4, -0.2) is 33.9 Å². The molecule has 2 rings (SSSR count). The molecule has 0 aliphatic rings. The number of aromatic nitrogens is 4. The Kier molecular flexibility index (Phi) is 2.95. The molecule has 1 aromatic carbocycles. The van der Waals surface area contributed by atoms with Crippen molar-refractivity contribution in [1.29, 1.82) is 5.41 Å². The molecule has 2 aromatic rings. The average Bonchev–Trinajstić information content (AvgIpc) is 2.81. The van der Waals surface area contributed by atoms with E-state index >= 15 is 0 Å². The maximum absolute atomic E-state index is 7.44. The summed E-state index contributed by atoms with van der Waals surface area (Å²) in [5, 5.41) is 24.2. The van der Waals surface area contributed by atoms with Crippen molar-refractivity contribution in [2.75, 3.05) is 12.4 Å². The Bertz CT molecular complexity index is 507. The van der Waals surface area contributed by atoms with Gasteiger partial charge >= 0.3 is 0 Å². The van der Waals surface area contributed by atoms with Gasteiger partial charge in [-0.05, 0) is 17.3 Å². The number of H-pyrrole nitrogens is 1. The highest BCUT2D eigenvalue weighted by molar-refractivity contribution is 9.10. The van der Waals surface area contributed by atoms with E-state index in [0.717, 1.165) is 21.3 Å². The third-order valence-electron chi connectivity index (χ3n) is 2.14. The van der Waals surface area contributed by atoms with Gasteiger partial charge in [-0.15, -0.1) is 10.2 Å². The molecule has 0 aliphatic carbocycles. The summed E-state index contributed by atoms with van der Waals surface area (Å²) < 4.78 is 0.891. The molecule has 3 N–H and O–H groups in total. The van der Waals surface area contributed by atoms with Crippen molar-refractivity contribution < 1.29 is 0 Å². The van der Waals surface area contributed by atoms with Crippen LogP contribution >= 0.6 is 15.9 Å². The number of nitrogens with zero attached hydrogens (tertiary/aromatic N) is 3. The zero-order valence-electron chi connectivity index (χ0n) is 8.45. The van der Waals surface area contributed by atoms with E-state index in [1.54, 1.807) is 7.05 Å². The van der Waals surface area contributed by atoms with Crippen molar-refractivity contribution in [3.8, 4) is 11.4 Å². The summed E-state index contributed by atoms with van der Waals surface area (Å²) in [6.45, 7) is 0. The molecular formula is C9H9BrN6. The third-order valence-corrected chi connectivity index (χ3v) is 2.60. The van der Waals surface area contributed by atoms with Crippen LogP contribution in [0.25, 0.3) is 11.4 Å². The Labute approximate surface area is 100 Å². The Morgan fingerprint density at radius 3 is 2.88 bits per heavy atom. The van der Waals surface area contributed by atoms with E-state index in [1.807, 2.05) is 12.1 Å². The first-order valence-corrected chi connectivity index (χ1v) is 5.31. The van der Waals surface area contributed by atoms with E-state index in [9.17, 15) is 0 Å². The maximum atomic E-state index is 7.44. The summed E-state index contributed by atoms with van der Waals surface area (Å²) in [7, 11) is 1.80. The lowest BCUT2D eigenvalue weighted by Gasteiger charge is -2.09. The number of halogens is 1. The summed E-state index contributed by atoms with van der Waals surface area (Å²) in [5.74, 6) is 0.469. The van der Waals surface area contributed by atoms with Crippen molar-refractivity contribution in [3.05, 3.63) is 22.2 Å². The van der Waals surface area contributed by atoms with E-state index in [-0.39, 0.29) is 0 Å². The number of benzene rings is 1. The number of hydrogen-bond donors (Lipinski definition) is 3. The van der Waals surface area contributed by atoms with Gasteiger partial charge in [0.25, 0.3) is 0 Å². The van der Waals surface area contributed by atoms with E-state index in [2.05, 4.69) is 41.9 Å². The van der Waals surface area contributed by atoms with Gasteiger partial charge in [0, 0.05) is 34.5 Å². The normalized spacial score (nSPS) is 10.1. The van der Waals surface area contributed by atoms with Crippen LogP contribution in [0.15, 0.2) is 16.6 Å². The summed E-state index contributed by atoms with van der Waals surface area (Å²) >= 11 is 3.40. The van der Waals surface area contributed by atoms with Gasteiger partial charge in [0.05, 0.1) is 0 Å². The Hall–Kier alpha value is -1.76. The second-order valence-electron chi connectivity index (χ2n) is 3.04. The lowest BCUT2D eigenvalue weighted by Crippen LogP contribution is -1.98. The van der Waals surface area contributed by atoms with Crippen LogP contribution in [0.1, 0.15) is 5.56 Å². The summed E-state index contributed by atoms with van der Waals surface area (Å²) in [4.78, 5) is 0. The molecule has 0 saturated heterocycles. The zero-order valence-corrected chi connectivity index (χ0v) is 10.0. The van der Waals surface area contributed by atoms with Crippen molar-refractivity contribution in [2.45, 2.75) is 0 Å². The highest BCUT2D eigenvalue weighted by Crippen LogP contribution is 2.29. The van der Waals surface area contributed by atoms with Gasteiger partial charge in [-0.25, -0.2) is 0 Å². The predicted octanol–water partition coefficient (Wildman–Crippen LogP) is 1.67. The zero-order chi connectivity index (χ0) is 11.5.